The summed E-state index contributed by atoms with van der Waals surface area (Å²) < 4.78 is 5.58. The van der Waals surface area contributed by atoms with E-state index >= 15 is 0 Å². The van der Waals surface area contributed by atoms with E-state index in [0.717, 1.165) is 38.6 Å². The average Bonchev–Trinajstić information content (AvgIpc) is 2.39. The molecule has 2 saturated heterocycles. The Morgan fingerprint density at radius 1 is 1.38 bits per heavy atom. The van der Waals surface area contributed by atoms with Crippen LogP contribution in [0.2, 0.25) is 0 Å². The summed E-state index contributed by atoms with van der Waals surface area (Å²) in [6, 6.07) is 0. The molecule has 2 aliphatic rings. The predicted octanol–water partition coefficient (Wildman–Crippen LogP) is 1.75. The third-order valence-electron chi connectivity index (χ3n) is 3.42. The van der Waals surface area contributed by atoms with Crippen LogP contribution in [0.3, 0.4) is 0 Å². The first-order valence-corrected chi connectivity index (χ1v) is 6.37. The van der Waals surface area contributed by atoms with Gasteiger partial charge in [0, 0.05) is 19.1 Å². The number of amides is 1. The van der Waals surface area contributed by atoms with Crippen molar-refractivity contribution in [3.05, 3.63) is 0 Å². The molecule has 0 unspecified atom stereocenters. The summed E-state index contributed by atoms with van der Waals surface area (Å²) in [6.45, 7) is 4.26. The zero-order valence-corrected chi connectivity index (χ0v) is 9.98. The molecule has 2 fully saturated rings. The van der Waals surface area contributed by atoms with E-state index in [1.165, 1.54) is 0 Å². The maximum atomic E-state index is 12.2. The van der Waals surface area contributed by atoms with Crippen LogP contribution in [0.15, 0.2) is 0 Å². The third kappa shape index (κ3) is 2.74. The molecule has 1 amide bonds. The van der Waals surface area contributed by atoms with Gasteiger partial charge in [-0.2, -0.15) is 0 Å². The summed E-state index contributed by atoms with van der Waals surface area (Å²) in [7, 11) is 0. The lowest BCUT2D eigenvalue weighted by Gasteiger charge is -2.33. The standard InChI is InChI=1S/C12H21NO3/c1-2-11-9-10(5-8-15-11)12(14)13-6-3-4-7-16-13/h10-11H,2-9H2,1H3/t10-,11+/m1/s1. The fourth-order valence-corrected chi connectivity index (χ4v) is 2.36. The summed E-state index contributed by atoms with van der Waals surface area (Å²) in [6.07, 6.45) is 5.07. The van der Waals surface area contributed by atoms with Crippen LogP contribution in [-0.2, 0) is 14.4 Å². The fourth-order valence-electron chi connectivity index (χ4n) is 2.36. The number of hydrogen-bond donors (Lipinski definition) is 0. The molecule has 2 heterocycles. The zero-order valence-electron chi connectivity index (χ0n) is 9.98. The normalized spacial score (nSPS) is 31.4. The Morgan fingerprint density at radius 3 is 2.94 bits per heavy atom. The van der Waals surface area contributed by atoms with Crippen LogP contribution in [-0.4, -0.2) is 36.8 Å². The number of ether oxygens (including phenoxy) is 1. The Labute approximate surface area is 96.8 Å². The molecule has 0 N–H and O–H groups in total. The number of nitrogens with zero attached hydrogens (tertiary/aromatic N) is 1. The van der Waals surface area contributed by atoms with E-state index in [1.807, 2.05) is 0 Å². The second-order valence-electron chi connectivity index (χ2n) is 4.60. The Morgan fingerprint density at radius 2 is 2.25 bits per heavy atom. The van der Waals surface area contributed by atoms with Gasteiger partial charge < -0.3 is 4.74 Å². The SMILES string of the molecule is CC[C@H]1C[C@H](C(=O)N2CCCCO2)CCO1. The second-order valence-corrected chi connectivity index (χ2v) is 4.60. The zero-order chi connectivity index (χ0) is 11.4. The van der Waals surface area contributed by atoms with Crippen LogP contribution in [0.5, 0.6) is 0 Å². The summed E-state index contributed by atoms with van der Waals surface area (Å²) >= 11 is 0. The van der Waals surface area contributed by atoms with Gasteiger partial charge in [-0.05, 0) is 32.1 Å². The van der Waals surface area contributed by atoms with Crippen molar-refractivity contribution in [3.8, 4) is 0 Å². The summed E-state index contributed by atoms with van der Waals surface area (Å²) in [5.41, 5.74) is 0. The molecule has 0 spiro atoms. The summed E-state index contributed by atoms with van der Waals surface area (Å²) in [5, 5.41) is 1.58. The van der Waals surface area contributed by atoms with Crippen LogP contribution < -0.4 is 0 Å². The van der Waals surface area contributed by atoms with Gasteiger partial charge in [0.05, 0.1) is 12.7 Å². The third-order valence-corrected chi connectivity index (χ3v) is 3.42. The molecule has 2 atom stereocenters. The number of hydroxylamine groups is 2. The molecular formula is C12H21NO3. The molecule has 0 aromatic rings. The molecular weight excluding hydrogens is 206 g/mol. The van der Waals surface area contributed by atoms with Crippen molar-refractivity contribution >= 4 is 5.91 Å². The van der Waals surface area contributed by atoms with Crippen molar-refractivity contribution in [2.75, 3.05) is 19.8 Å². The summed E-state index contributed by atoms with van der Waals surface area (Å²) in [5.74, 6) is 0.276. The molecule has 0 bridgehead atoms. The molecule has 4 nitrogen and oxygen atoms in total. The Balaban J connectivity index is 1.87. The first kappa shape index (κ1) is 11.9. The highest BCUT2D eigenvalue weighted by atomic mass is 16.7. The molecule has 92 valence electrons. The lowest BCUT2D eigenvalue weighted by Crippen LogP contribution is -2.42. The van der Waals surface area contributed by atoms with Gasteiger partial charge in [0.1, 0.15) is 0 Å². The Bertz CT molecular complexity index is 238. The van der Waals surface area contributed by atoms with E-state index in [9.17, 15) is 4.79 Å². The highest BCUT2D eigenvalue weighted by Crippen LogP contribution is 2.25. The van der Waals surface area contributed by atoms with Crippen molar-refractivity contribution in [3.63, 3.8) is 0 Å². The minimum atomic E-state index is 0.108. The van der Waals surface area contributed by atoms with E-state index in [-0.39, 0.29) is 17.9 Å². The lowest BCUT2D eigenvalue weighted by atomic mass is 9.93. The van der Waals surface area contributed by atoms with E-state index < -0.39 is 0 Å². The van der Waals surface area contributed by atoms with Gasteiger partial charge in [0.15, 0.2) is 0 Å². The smallest absolute Gasteiger partial charge is 0.249 e. The minimum absolute atomic E-state index is 0.108. The van der Waals surface area contributed by atoms with E-state index in [4.69, 9.17) is 9.57 Å². The number of rotatable bonds is 2. The van der Waals surface area contributed by atoms with Crippen molar-refractivity contribution in [1.29, 1.82) is 0 Å². The van der Waals surface area contributed by atoms with E-state index in [2.05, 4.69) is 6.92 Å². The molecule has 0 aromatic heterocycles. The highest BCUT2D eigenvalue weighted by Gasteiger charge is 2.31. The van der Waals surface area contributed by atoms with Gasteiger partial charge in [-0.1, -0.05) is 6.92 Å². The van der Waals surface area contributed by atoms with Crippen LogP contribution >= 0.6 is 0 Å². The minimum Gasteiger partial charge on any atom is -0.378 e. The quantitative estimate of drug-likeness (QED) is 0.721. The van der Waals surface area contributed by atoms with Crippen molar-refractivity contribution in [1.82, 2.24) is 5.06 Å². The molecule has 0 radical (unpaired) electrons. The number of carbonyl (C=O) groups excluding carboxylic acids is 1. The maximum absolute atomic E-state index is 12.2. The monoisotopic (exact) mass is 227 g/mol. The molecule has 0 aliphatic carbocycles. The van der Waals surface area contributed by atoms with Crippen LogP contribution in [0, 0.1) is 5.92 Å². The topological polar surface area (TPSA) is 38.8 Å². The Hall–Kier alpha value is -0.610. The van der Waals surface area contributed by atoms with Crippen LogP contribution in [0.4, 0.5) is 0 Å². The van der Waals surface area contributed by atoms with Crippen molar-refractivity contribution < 1.29 is 14.4 Å². The van der Waals surface area contributed by atoms with Gasteiger partial charge in [0.2, 0.25) is 5.91 Å². The largest absolute Gasteiger partial charge is 0.378 e. The second kappa shape index (κ2) is 5.64. The Kier molecular flexibility index (Phi) is 4.18. The van der Waals surface area contributed by atoms with Gasteiger partial charge in [-0.15, -0.1) is 0 Å². The molecule has 0 saturated carbocycles. The lowest BCUT2D eigenvalue weighted by molar-refractivity contribution is -0.204. The van der Waals surface area contributed by atoms with Gasteiger partial charge in [-0.25, -0.2) is 5.06 Å². The predicted molar refractivity (Wildman–Crippen MR) is 59.7 cm³/mol. The molecule has 16 heavy (non-hydrogen) atoms. The molecule has 0 aromatic carbocycles. The van der Waals surface area contributed by atoms with E-state index in [0.29, 0.717) is 13.2 Å². The maximum Gasteiger partial charge on any atom is 0.249 e. The molecule has 4 heteroatoms. The highest BCUT2D eigenvalue weighted by molar-refractivity contribution is 5.78. The van der Waals surface area contributed by atoms with Gasteiger partial charge in [0.25, 0.3) is 0 Å². The van der Waals surface area contributed by atoms with Crippen LogP contribution in [0.1, 0.15) is 39.0 Å². The summed E-state index contributed by atoms with van der Waals surface area (Å²) in [4.78, 5) is 17.6. The first-order valence-electron chi connectivity index (χ1n) is 6.37. The molecule has 2 aliphatic heterocycles. The van der Waals surface area contributed by atoms with Crippen molar-refractivity contribution in [2.45, 2.75) is 45.1 Å². The first-order chi connectivity index (χ1) is 7.81. The van der Waals surface area contributed by atoms with Crippen LogP contribution in [0.25, 0.3) is 0 Å². The van der Waals surface area contributed by atoms with Gasteiger partial charge >= 0.3 is 0 Å². The van der Waals surface area contributed by atoms with Gasteiger partial charge in [-0.3, -0.25) is 9.63 Å². The number of carbonyl (C=O) groups is 1. The van der Waals surface area contributed by atoms with E-state index in [1.54, 1.807) is 5.06 Å². The van der Waals surface area contributed by atoms with Crippen molar-refractivity contribution in [2.24, 2.45) is 5.92 Å². The number of hydrogen-bond acceptors (Lipinski definition) is 3. The molecule has 2 rings (SSSR count). The fraction of sp³-hybridized carbons (Fsp3) is 0.917. The average molecular weight is 227 g/mol.